The Balaban J connectivity index is 1.96. The van der Waals surface area contributed by atoms with Gasteiger partial charge in [-0.3, -0.25) is 4.79 Å². The lowest BCUT2D eigenvalue weighted by atomic mass is 10.0. The summed E-state index contributed by atoms with van der Waals surface area (Å²) in [5.41, 5.74) is 8.39. The van der Waals surface area contributed by atoms with Gasteiger partial charge in [0.15, 0.2) is 5.13 Å². The minimum absolute atomic E-state index is 0.0523. The van der Waals surface area contributed by atoms with Crippen LogP contribution < -0.4 is 11.1 Å². The quantitative estimate of drug-likeness (QED) is 0.900. The molecule has 0 aliphatic rings. The molecule has 1 atom stereocenters. The molecule has 3 N–H and O–H groups in total. The lowest BCUT2D eigenvalue weighted by Crippen LogP contribution is -2.34. The minimum atomic E-state index is -0.172. The predicted molar refractivity (Wildman–Crippen MR) is 78.3 cm³/mol. The van der Waals surface area contributed by atoms with Gasteiger partial charge in [-0.1, -0.05) is 24.3 Å². The van der Waals surface area contributed by atoms with E-state index in [9.17, 15) is 4.79 Å². The zero-order chi connectivity index (χ0) is 13.8. The standard InChI is InChI=1S/C14H17N3OS/c1-9-5-3-4-6-11(9)7-10(2)16-13(18)12-8-19-14(15)17-12/h3-6,8,10H,7H2,1-2H3,(H2,15,17)(H,16,18). The van der Waals surface area contributed by atoms with E-state index in [1.54, 1.807) is 5.38 Å². The molecule has 5 heteroatoms. The summed E-state index contributed by atoms with van der Waals surface area (Å²) in [7, 11) is 0. The van der Waals surface area contributed by atoms with Gasteiger partial charge in [-0.2, -0.15) is 0 Å². The topological polar surface area (TPSA) is 68.0 Å². The molecule has 100 valence electrons. The van der Waals surface area contributed by atoms with Gasteiger partial charge < -0.3 is 11.1 Å². The van der Waals surface area contributed by atoms with Crippen LogP contribution in [0.15, 0.2) is 29.6 Å². The molecule has 1 heterocycles. The van der Waals surface area contributed by atoms with E-state index in [0.29, 0.717) is 10.8 Å². The average molecular weight is 275 g/mol. The number of nitrogens with zero attached hydrogens (tertiary/aromatic N) is 1. The highest BCUT2D eigenvalue weighted by molar-refractivity contribution is 7.13. The van der Waals surface area contributed by atoms with Gasteiger partial charge in [0.05, 0.1) is 0 Å². The first-order valence-electron chi connectivity index (χ1n) is 6.12. The summed E-state index contributed by atoms with van der Waals surface area (Å²) in [6.07, 6.45) is 0.804. The van der Waals surface area contributed by atoms with E-state index in [2.05, 4.69) is 29.4 Å². The van der Waals surface area contributed by atoms with Gasteiger partial charge in [-0.15, -0.1) is 11.3 Å². The van der Waals surface area contributed by atoms with Gasteiger partial charge in [0.1, 0.15) is 5.69 Å². The van der Waals surface area contributed by atoms with Crippen molar-refractivity contribution in [3.8, 4) is 0 Å². The second-order valence-electron chi connectivity index (χ2n) is 4.58. The highest BCUT2D eigenvalue weighted by Gasteiger charge is 2.13. The smallest absolute Gasteiger partial charge is 0.271 e. The number of carbonyl (C=O) groups excluding carboxylic acids is 1. The van der Waals surface area contributed by atoms with Crippen molar-refractivity contribution in [1.29, 1.82) is 0 Å². The van der Waals surface area contributed by atoms with Crippen molar-refractivity contribution in [3.63, 3.8) is 0 Å². The molecule has 0 aliphatic carbocycles. The molecule has 2 aromatic rings. The fraction of sp³-hybridized carbons (Fsp3) is 0.286. The number of nitrogen functional groups attached to an aromatic ring is 1. The van der Waals surface area contributed by atoms with Gasteiger partial charge in [0.25, 0.3) is 5.91 Å². The molecular weight excluding hydrogens is 258 g/mol. The molecule has 1 aromatic heterocycles. The molecule has 4 nitrogen and oxygen atoms in total. The average Bonchev–Trinajstić information content (AvgIpc) is 2.79. The van der Waals surface area contributed by atoms with Gasteiger partial charge in [0, 0.05) is 11.4 Å². The number of rotatable bonds is 4. The van der Waals surface area contributed by atoms with E-state index in [1.165, 1.54) is 22.5 Å². The molecule has 19 heavy (non-hydrogen) atoms. The molecular formula is C14H17N3OS. The molecule has 0 radical (unpaired) electrons. The predicted octanol–water partition coefficient (Wildman–Crippen LogP) is 2.39. The third kappa shape index (κ3) is 3.54. The molecule has 0 spiro atoms. The van der Waals surface area contributed by atoms with Crippen molar-refractivity contribution in [2.45, 2.75) is 26.3 Å². The van der Waals surface area contributed by atoms with Crippen molar-refractivity contribution in [3.05, 3.63) is 46.5 Å². The van der Waals surface area contributed by atoms with Crippen molar-refractivity contribution in [1.82, 2.24) is 10.3 Å². The van der Waals surface area contributed by atoms with Crippen LogP contribution in [0.3, 0.4) is 0 Å². The third-order valence-corrected chi connectivity index (χ3v) is 3.59. The molecule has 1 unspecified atom stereocenters. The van der Waals surface area contributed by atoms with Crippen LogP contribution in [0.4, 0.5) is 5.13 Å². The van der Waals surface area contributed by atoms with E-state index in [4.69, 9.17) is 5.73 Å². The Morgan fingerprint density at radius 2 is 2.21 bits per heavy atom. The number of carbonyl (C=O) groups is 1. The van der Waals surface area contributed by atoms with Crippen LogP contribution in [0.5, 0.6) is 0 Å². The van der Waals surface area contributed by atoms with Crippen LogP contribution in [0.1, 0.15) is 28.5 Å². The Labute approximate surface area is 116 Å². The van der Waals surface area contributed by atoms with Crippen molar-refractivity contribution in [2.75, 3.05) is 5.73 Å². The number of hydrogen-bond acceptors (Lipinski definition) is 4. The number of aromatic nitrogens is 1. The number of thiazole rings is 1. The second kappa shape index (κ2) is 5.84. The van der Waals surface area contributed by atoms with Gasteiger partial charge in [0.2, 0.25) is 0 Å². The lowest BCUT2D eigenvalue weighted by molar-refractivity contribution is 0.0936. The molecule has 0 saturated heterocycles. The van der Waals surface area contributed by atoms with E-state index >= 15 is 0 Å². The lowest BCUT2D eigenvalue weighted by Gasteiger charge is -2.14. The van der Waals surface area contributed by atoms with Crippen molar-refractivity contribution < 1.29 is 4.79 Å². The molecule has 0 fully saturated rings. The summed E-state index contributed by atoms with van der Waals surface area (Å²) >= 11 is 1.27. The van der Waals surface area contributed by atoms with Crippen LogP contribution >= 0.6 is 11.3 Å². The number of hydrogen-bond donors (Lipinski definition) is 2. The first-order valence-corrected chi connectivity index (χ1v) is 7.00. The summed E-state index contributed by atoms with van der Waals surface area (Å²) in [5, 5.41) is 5.02. The van der Waals surface area contributed by atoms with Crippen LogP contribution in [0.2, 0.25) is 0 Å². The second-order valence-corrected chi connectivity index (χ2v) is 5.47. The molecule has 0 bridgehead atoms. The number of aryl methyl sites for hydroxylation is 1. The molecule has 0 aliphatic heterocycles. The highest BCUT2D eigenvalue weighted by atomic mass is 32.1. The van der Waals surface area contributed by atoms with E-state index in [0.717, 1.165) is 6.42 Å². The zero-order valence-corrected chi connectivity index (χ0v) is 11.8. The van der Waals surface area contributed by atoms with E-state index < -0.39 is 0 Å². The summed E-state index contributed by atoms with van der Waals surface area (Å²) in [4.78, 5) is 15.9. The Morgan fingerprint density at radius 1 is 1.47 bits per heavy atom. The van der Waals surface area contributed by atoms with Gasteiger partial charge in [-0.25, -0.2) is 4.98 Å². The van der Waals surface area contributed by atoms with Gasteiger partial charge >= 0.3 is 0 Å². The van der Waals surface area contributed by atoms with Crippen LogP contribution in [-0.4, -0.2) is 16.9 Å². The SMILES string of the molecule is Cc1ccccc1CC(C)NC(=O)c1csc(N)n1. The summed E-state index contributed by atoms with van der Waals surface area (Å²) in [6, 6.07) is 8.23. The normalized spacial score (nSPS) is 12.1. The number of nitrogens with two attached hydrogens (primary N) is 1. The maximum absolute atomic E-state index is 11.9. The van der Waals surface area contributed by atoms with Crippen LogP contribution in [0.25, 0.3) is 0 Å². The van der Waals surface area contributed by atoms with Crippen molar-refractivity contribution >= 4 is 22.4 Å². The van der Waals surface area contributed by atoms with Crippen LogP contribution in [0, 0.1) is 6.92 Å². The summed E-state index contributed by atoms with van der Waals surface area (Å²) in [5.74, 6) is -0.172. The maximum Gasteiger partial charge on any atom is 0.271 e. The third-order valence-electron chi connectivity index (χ3n) is 2.92. The first-order chi connectivity index (χ1) is 9.06. The van der Waals surface area contributed by atoms with E-state index in [-0.39, 0.29) is 11.9 Å². The largest absolute Gasteiger partial charge is 0.375 e. The number of amides is 1. The highest BCUT2D eigenvalue weighted by Crippen LogP contribution is 2.12. The molecule has 2 rings (SSSR count). The number of anilines is 1. The fourth-order valence-corrected chi connectivity index (χ4v) is 2.45. The van der Waals surface area contributed by atoms with E-state index in [1.807, 2.05) is 19.1 Å². The number of benzene rings is 1. The monoisotopic (exact) mass is 275 g/mol. The molecule has 1 aromatic carbocycles. The Kier molecular flexibility index (Phi) is 4.16. The Bertz CT molecular complexity index is 580. The molecule has 1 amide bonds. The van der Waals surface area contributed by atoms with Crippen molar-refractivity contribution in [2.24, 2.45) is 0 Å². The number of nitrogens with one attached hydrogen (secondary N) is 1. The summed E-state index contributed by atoms with van der Waals surface area (Å²) in [6.45, 7) is 4.06. The van der Waals surface area contributed by atoms with Gasteiger partial charge in [-0.05, 0) is 31.4 Å². The minimum Gasteiger partial charge on any atom is -0.375 e. The first kappa shape index (κ1) is 13.5. The zero-order valence-electron chi connectivity index (χ0n) is 11.0. The fourth-order valence-electron chi connectivity index (χ4n) is 1.91. The maximum atomic E-state index is 11.9. The Morgan fingerprint density at radius 3 is 2.84 bits per heavy atom. The molecule has 0 saturated carbocycles. The van der Waals surface area contributed by atoms with Crippen LogP contribution in [-0.2, 0) is 6.42 Å². The Hall–Kier alpha value is -1.88. The summed E-state index contributed by atoms with van der Waals surface area (Å²) < 4.78 is 0.